The first-order valence-corrected chi connectivity index (χ1v) is 6.73. The number of nitrogens with one attached hydrogen (secondary N) is 1. The quantitative estimate of drug-likeness (QED) is 0.757. The van der Waals surface area contributed by atoms with Gasteiger partial charge in [0.25, 0.3) is 0 Å². The van der Waals surface area contributed by atoms with Crippen LogP contribution in [0.15, 0.2) is 0 Å². The Morgan fingerprint density at radius 1 is 1.19 bits per heavy atom. The van der Waals surface area contributed by atoms with E-state index in [9.17, 15) is 4.79 Å². The van der Waals surface area contributed by atoms with Crippen molar-refractivity contribution in [1.29, 1.82) is 0 Å². The van der Waals surface area contributed by atoms with Gasteiger partial charge in [-0.1, -0.05) is 12.8 Å². The van der Waals surface area contributed by atoms with Gasteiger partial charge in [-0.15, -0.1) is 11.6 Å². The van der Waals surface area contributed by atoms with E-state index in [2.05, 4.69) is 5.32 Å². The first-order valence-electron chi connectivity index (χ1n) is 6.29. The minimum absolute atomic E-state index is 0.0412. The molecule has 2 fully saturated rings. The van der Waals surface area contributed by atoms with Crippen LogP contribution in [0.5, 0.6) is 0 Å². The fourth-order valence-corrected chi connectivity index (χ4v) is 2.84. The molecule has 1 saturated heterocycles. The Morgan fingerprint density at radius 3 is 2.69 bits per heavy atom. The molecule has 1 saturated carbocycles. The van der Waals surface area contributed by atoms with Crippen LogP contribution in [0.1, 0.15) is 38.5 Å². The van der Waals surface area contributed by atoms with Gasteiger partial charge in [0, 0.05) is 12.6 Å². The molecular formula is C12H20ClNO2. The Labute approximate surface area is 102 Å². The molecule has 16 heavy (non-hydrogen) atoms. The van der Waals surface area contributed by atoms with Crippen LogP contribution >= 0.6 is 11.6 Å². The Balaban J connectivity index is 1.80. The summed E-state index contributed by atoms with van der Waals surface area (Å²) in [4.78, 5) is 12.0. The molecule has 0 radical (unpaired) electrons. The van der Waals surface area contributed by atoms with E-state index in [1.54, 1.807) is 0 Å². The maximum absolute atomic E-state index is 12.0. The van der Waals surface area contributed by atoms with Crippen LogP contribution in [0, 0.1) is 5.92 Å². The number of amides is 1. The second-order valence-electron chi connectivity index (χ2n) is 4.83. The summed E-state index contributed by atoms with van der Waals surface area (Å²) in [5, 5.41) is 3.20. The minimum Gasteiger partial charge on any atom is -0.381 e. The number of hydrogen-bond acceptors (Lipinski definition) is 2. The van der Waals surface area contributed by atoms with Gasteiger partial charge in [0.05, 0.1) is 17.9 Å². The van der Waals surface area contributed by atoms with Crippen LogP contribution < -0.4 is 5.32 Å². The fraction of sp³-hybridized carbons (Fsp3) is 0.917. The summed E-state index contributed by atoms with van der Waals surface area (Å²) in [6, 6.07) is 0.171. The van der Waals surface area contributed by atoms with Crippen molar-refractivity contribution in [2.24, 2.45) is 5.92 Å². The van der Waals surface area contributed by atoms with Crippen molar-refractivity contribution in [3.8, 4) is 0 Å². The van der Waals surface area contributed by atoms with E-state index in [0.29, 0.717) is 6.61 Å². The van der Waals surface area contributed by atoms with Gasteiger partial charge in [-0.3, -0.25) is 4.79 Å². The molecule has 1 aliphatic heterocycles. The summed E-state index contributed by atoms with van der Waals surface area (Å²) >= 11 is 6.22. The number of hydrogen-bond donors (Lipinski definition) is 1. The molecule has 0 aromatic heterocycles. The van der Waals surface area contributed by atoms with E-state index in [0.717, 1.165) is 32.3 Å². The highest BCUT2D eigenvalue weighted by Crippen LogP contribution is 2.24. The highest BCUT2D eigenvalue weighted by Gasteiger charge is 2.28. The Hall–Kier alpha value is -0.280. The molecule has 0 spiro atoms. The molecular weight excluding hydrogens is 226 g/mol. The first-order chi connectivity index (χ1) is 7.77. The SMILES string of the molecule is O=C(NC1CCCCC1Cl)C1CCCOC1. The molecule has 3 nitrogen and oxygen atoms in total. The van der Waals surface area contributed by atoms with E-state index in [1.165, 1.54) is 12.8 Å². The van der Waals surface area contributed by atoms with Crippen molar-refractivity contribution in [2.45, 2.75) is 49.9 Å². The standard InChI is InChI=1S/C12H20ClNO2/c13-10-5-1-2-6-11(10)14-12(15)9-4-3-7-16-8-9/h9-11H,1-8H2,(H,14,15). The third-order valence-electron chi connectivity index (χ3n) is 3.54. The topological polar surface area (TPSA) is 38.3 Å². The van der Waals surface area contributed by atoms with Gasteiger partial charge in [0.15, 0.2) is 0 Å². The lowest BCUT2D eigenvalue weighted by Crippen LogP contribution is -2.46. The highest BCUT2D eigenvalue weighted by atomic mass is 35.5. The van der Waals surface area contributed by atoms with E-state index in [1.807, 2.05) is 0 Å². The van der Waals surface area contributed by atoms with Crippen LogP contribution in [0.4, 0.5) is 0 Å². The molecule has 0 aromatic carbocycles. The van der Waals surface area contributed by atoms with E-state index in [4.69, 9.17) is 16.3 Å². The number of ether oxygens (including phenoxy) is 1. The van der Waals surface area contributed by atoms with Crippen molar-refractivity contribution in [3.05, 3.63) is 0 Å². The maximum Gasteiger partial charge on any atom is 0.225 e. The van der Waals surface area contributed by atoms with Gasteiger partial charge in [-0.05, 0) is 25.7 Å². The summed E-state index contributed by atoms with van der Waals surface area (Å²) in [6.45, 7) is 1.37. The molecule has 2 rings (SSSR count). The molecule has 0 bridgehead atoms. The third kappa shape index (κ3) is 3.11. The van der Waals surface area contributed by atoms with Crippen molar-refractivity contribution in [1.82, 2.24) is 5.32 Å². The summed E-state index contributed by atoms with van der Waals surface area (Å²) in [7, 11) is 0. The number of alkyl halides is 1. The molecule has 3 atom stereocenters. The summed E-state index contributed by atoms with van der Waals surface area (Å²) < 4.78 is 5.33. The van der Waals surface area contributed by atoms with Crippen molar-refractivity contribution in [3.63, 3.8) is 0 Å². The zero-order valence-corrected chi connectivity index (χ0v) is 10.3. The van der Waals surface area contributed by atoms with E-state index < -0.39 is 0 Å². The van der Waals surface area contributed by atoms with Gasteiger partial charge in [0.2, 0.25) is 5.91 Å². The van der Waals surface area contributed by atoms with Gasteiger partial charge >= 0.3 is 0 Å². The van der Waals surface area contributed by atoms with Crippen LogP contribution in [0.3, 0.4) is 0 Å². The second kappa shape index (κ2) is 5.87. The molecule has 1 N–H and O–H groups in total. The number of carbonyl (C=O) groups excluding carboxylic acids is 1. The normalized spacial score (nSPS) is 35.7. The summed E-state index contributed by atoms with van der Waals surface area (Å²) in [5.74, 6) is 0.178. The molecule has 1 amide bonds. The van der Waals surface area contributed by atoms with E-state index in [-0.39, 0.29) is 23.2 Å². The smallest absolute Gasteiger partial charge is 0.225 e. The van der Waals surface area contributed by atoms with Crippen molar-refractivity contribution in [2.75, 3.05) is 13.2 Å². The minimum atomic E-state index is 0.0412. The van der Waals surface area contributed by atoms with Crippen LogP contribution in [0.25, 0.3) is 0 Å². The largest absolute Gasteiger partial charge is 0.381 e. The molecule has 4 heteroatoms. The Kier molecular flexibility index (Phi) is 4.47. The van der Waals surface area contributed by atoms with Gasteiger partial charge in [-0.25, -0.2) is 0 Å². The summed E-state index contributed by atoms with van der Waals surface area (Å²) in [6.07, 6.45) is 6.35. The average Bonchev–Trinajstić information content (AvgIpc) is 2.33. The number of carbonyl (C=O) groups is 1. The van der Waals surface area contributed by atoms with Crippen LogP contribution in [-0.4, -0.2) is 30.5 Å². The predicted octanol–water partition coefficient (Wildman–Crippen LogP) is 2.08. The summed E-state index contributed by atoms with van der Waals surface area (Å²) in [5.41, 5.74) is 0. The average molecular weight is 246 g/mol. The Bertz CT molecular complexity index is 241. The molecule has 3 unspecified atom stereocenters. The molecule has 0 aromatic rings. The molecule has 1 aliphatic carbocycles. The Morgan fingerprint density at radius 2 is 2.00 bits per heavy atom. The zero-order chi connectivity index (χ0) is 11.4. The molecule has 92 valence electrons. The zero-order valence-electron chi connectivity index (χ0n) is 9.58. The molecule has 1 heterocycles. The maximum atomic E-state index is 12.0. The van der Waals surface area contributed by atoms with Gasteiger partial charge < -0.3 is 10.1 Å². The van der Waals surface area contributed by atoms with Crippen LogP contribution in [0.2, 0.25) is 0 Å². The fourth-order valence-electron chi connectivity index (χ4n) is 2.50. The van der Waals surface area contributed by atoms with Crippen LogP contribution in [-0.2, 0) is 9.53 Å². The predicted molar refractivity (Wildman–Crippen MR) is 63.6 cm³/mol. The molecule has 2 aliphatic rings. The van der Waals surface area contributed by atoms with Crippen molar-refractivity contribution < 1.29 is 9.53 Å². The number of halogens is 1. The number of rotatable bonds is 2. The van der Waals surface area contributed by atoms with Gasteiger partial charge in [0.1, 0.15) is 0 Å². The van der Waals surface area contributed by atoms with Crippen molar-refractivity contribution >= 4 is 17.5 Å². The third-order valence-corrected chi connectivity index (χ3v) is 4.06. The monoisotopic (exact) mass is 245 g/mol. The lowest BCUT2D eigenvalue weighted by molar-refractivity contribution is -0.129. The first kappa shape index (κ1) is 12.2. The van der Waals surface area contributed by atoms with Gasteiger partial charge in [-0.2, -0.15) is 0 Å². The van der Waals surface area contributed by atoms with E-state index >= 15 is 0 Å². The lowest BCUT2D eigenvalue weighted by Gasteiger charge is -2.30. The second-order valence-corrected chi connectivity index (χ2v) is 5.39. The highest BCUT2D eigenvalue weighted by molar-refractivity contribution is 6.21. The lowest BCUT2D eigenvalue weighted by atomic mass is 9.93.